The van der Waals surface area contributed by atoms with E-state index in [1.165, 1.54) is 10.4 Å². The Kier molecular flexibility index (Phi) is 5.29. The Morgan fingerprint density at radius 3 is 2.35 bits per heavy atom. The number of carbonyl (C=O) groups is 1. The largest absolute Gasteiger partial charge is 0.497 e. The smallest absolute Gasteiger partial charge is 0.255 e. The van der Waals surface area contributed by atoms with Gasteiger partial charge in [-0.3, -0.25) is 4.79 Å². The maximum Gasteiger partial charge on any atom is 0.255 e. The number of anilines is 1. The Labute approximate surface area is 153 Å². The molecule has 3 rings (SSSR count). The number of sulfonamides is 1. The lowest BCUT2D eigenvalue weighted by molar-refractivity contribution is 0.102. The van der Waals surface area contributed by atoms with Gasteiger partial charge in [0, 0.05) is 24.3 Å². The van der Waals surface area contributed by atoms with Crippen molar-refractivity contribution in [3.63, 3.8) is 0 Å². The van der Waals surface area contributed by atoms with E-state index in [9.17, 15) is 13.2 Å². The maximum absolute atomic E-state index is 12.7. The third-order valence-corrected chi connectivity index (χ3v) is 6.40. The average molecular weight is 374 g/mol. The van der Waals surface area contributed by atoms with Gasteiger partial charge >= 0.3 is 0 Å². The topological polar surface area (TPSA) is 75.7 Å². The van der Waals surface area contributed by atoms with Crippen LogP contribution in [0.15, 0.2) is 47.4 Å². The van der Waals surface area contributed by atoms with Crippen LogP contribution >= 0.6 is 0 Å². The van der Waals surface area contributed by atoms with Crippen molar-refractivity contribution in [3.8, 4) is 5.75 Å². The van der Waals surface area contributed by atoms with Crippen LogP contribution in [0.1, 0.15) is 28.8 Å². The van der Waals surface area contributed by atoms with Gasteiger partial charge in [-0.05, 0) is 61.7 Å². The van der Waals surface area contributed by atoms with E-state index in [-0.39, 0.29) is 10.8 Å². The summed E-state index contributed by atoms with van der Waals surface area (Å²) in [6.45, 7) is 2.85. The molecule has 6 nitrogen and oxygen atoms in total. The number of methoxy groups -OCH3 is 1. The fourth-order valence-corrected chi connectivity index (χ4v) is 4.50. The number of benzene rings is 2. The third kappa shape index (κ3) is 3.73. The summed E-state index contributed by atoms with van der Waals surface area (Å²) >= 11 is 0. The Morgan fingerprint density at radius 2 is 1.73 bits per heavy atom. The van der Waals surface area contributed by atoms with Gasteiger partial charge in [0.2, 0.25) is 10.0 Å². The van der Waals surface area contributed by atoms with Crippen LogP contribution in [0.5, 0.6) is 5.75 Å². The van der Waals surface area contributed by atoms with Crippen LogP contribution in [-0.2, 0) is 10.0 Å². The van der Waals surface area contributed by atoms with Crippen molar-refractivity contribution in [1.29, 1.82) is 0 Å². The summed E-state index contributed by atoms with van der Waals surface area (Å²) in [6, 6.07) is 11.7. The summed E-state index contributed by atoms with van der Waals surface area (Å²) < 4.78 is 32.0. The number of aryl methyl sites for hydroxylation is 1. The number of hydrogen-bond donors (Lipinski definition) is 1. The van der Waals surface area contributed by atoms with Crippen LogP contribution in [0, 0.1) is 6.92 Å². The predicted octanol–water partition coefficient (Wildman–Crippen LogP) is 3.04. The highest BCUT2D eigenvalue weighted by Crippen LogP contribution is 2.24. The summed E-state index contributed by atoms with van der Waals surface area (Å²) in [5, 5.41) is 2.80. The molecule has 138 valence electrons. The molecule has 0 radical (unpaired) electrons. The van der Waals surface area contributed by atoms with Crippen molar-refractivity contribution in [2.75, 3.05) is 25.5 Å². The van der Waals surface area contributed by atoms with Gasteiger partial charge in [-0.25, -0.2) is 8.42 Å². The summed E-state index contributed by atoms with van der Waals surface area (Å²) in [5.41, 5.74) is 1.68. The second kappa shape index (κ2) is 7.47. The zero-order valence-electron chi connectivity index (χ0n) is 14.9. The molecule has 7 heteroatoms. The minimum Gasteiger partial charge on any atom is -0.497 e. The lowest BCUT2D eigenvalue weighted by atomic mass is 10.1. The predicted molar refractivity (Wildman–Crippen MR) is 100 cm³/mol. The minimum atomic E-state index is -3.56. The van der Waals surface area contributed by atoms with E-state index in [0.29, 0.717) is 30.1 Å². The van der Waals surface area contributed by atoms with Crippen LogP contribution in [-0.4, -0.2) is 38.8 Å². The molecule has 2 aromatic carbocycles. The number of nitrogens with one attached hydrogen (secondary N) is 1. The number of hydrogen-bond acceptors (Lipinski definition) is 4. The molecule has 0 aromatic heterocycles. The quantitative estimate of drug-likeness (QED) is 0.873. The van der Waals surface area contributed by atoms with Crippen molar-refractivity contribution in [1.82, 2.24) is 4.31 Å². The Bertz CT molecular complexity index is 902. The zero-order chi connectivity index (χ0) is 18.7. The third-order valence-electron chi connectivity index (χ3n) is 4.50. The van der Waals surface area contributed by atoms with E-state index < -0.39 is 10.0 Å². The molecule has 0 aliphatic carbocycles. The molecule has 1 aliphatic heterocycles. The van der Waals surface area contributed by atoms with Gasteiger partial charge in [-0.2, -0.15) is 4.31 Å². The zero-order valence-corrected chi connectivity index (χ0v) is 15.7. The van der Waals surface area contributed by atoms with Crippen molar-refractivity contribution >= 4 is 21.6 Å². The Hall–Kier alpha value is -2.38. The monoisotopic (exact) mass is 374 g/mol. The van der Waals surface area contributed by atoms with Gasteiger partial charge < -0.3 is 10.1 Å². The minimum absolute atomic E-state index is 0.157. The highest BCUT2D eigenvalue weighted by Gasteiger charge is 2.28. The van der Waals surface area contributed by atoms with E-state index >= 15 is 0 Å². The van der Waals surface area contributed by atoms with Crippen molar-refractivity contribution in [2.45, 2.75) is 24.7 Å². The standard InChI is InChI=1S/C19H22N2O4S/c1-14-5-10-17(26(23,24)21-11-3-4-12-21)13-18(14)19(22)20-15-6-8-16(25-2)9-7-15/h5-10,13H,3-4,11-12H2,1-2H3,(H,20,22). The second-order valence-corrected chi connectivity index (χ2v) is 8.21. The van der Waals surface area contributed by atoms with Gasteiger partial charge in [0.05, 0.1) is 12.0 Å². The van der Waals surface area contributed by atoms with Gasteiger partial charge in [0.1, 0.15) is 5.75 Å². The van der Waals surface area contributed by atoms with Crippen LogP contribution in [0.4, 0.5) is 5.69 Å². The van der Waals surface area contributed by atoms with E-state index in [2.05, 4.69) is 5.32 Å². The molecule has 0 unspecified atom stereocenters. The first-order valence-corrected chi connectivity index (χ1v) is 9.92. The molecule has 0 atom stereocenters. The molecule has 26 heavy (non-hydrogen) atoms. The number of amides is 1. The van der Waals surface area contributed by atoms with Crippen LogP contribution in [0.3, 0.4) is 0 Å². The molecule has 2 aromatic rings. The van der Waals surface area contributed by atoms with Gasteiger partial charge in [-0.15, -0.1) is 0 Å². The van der Waals surface area contributed by atoms with Crippen molar-refractivity contribution < 1.29 is 17.9 Å². The normalized spacial score (nSPS) is 15.0. The van der Waals surface area contributed by atoms with Crippen LogP contribution < -0.4 is 10.1 Å². The molecule has 1 amide bonds. The first kappa shape index (κ1) is 18.4. The molecule has 1 N–H and O–H groups in total. The molecule has 1 saturated heterocycles. The molecule has 1 fully saturated rings. The SMILES string of the molecule is COc1ccc(NC(=O)c2cc(S(=O)(=O)N3CCCC3)ccc2C)cc1. The molecule has 0 saturated carbocycles. The molecule has 0 bridgehead atoms. The van der Waals surface area contributed by atoms with Crippen molar-refractivity contribution in [2.24, 2.45) is 0 Å². The fraction of sp³-hybridized carbons (Fsp3) is 0.316. The van der Waals surface area contributed by atoms with Gasteiger partial charge in [0.15, 0.2) is 0 Å². The molecule has 1 heterocycles. The number of nitrogens with zero attached hydrogens (tertiary/aromatic N) is 1. The second-order valence-electron chi connectivity index (χ2n) is 6.27. The first-order chi connectivity index (χ1) is 12.4. The summed E-state index contributed by atoms with van der Waals surface area (Å²) in [4.78, 5) is 12.8. The fourth-order valence-electron chi connectivity index (χ4n) is 2.96. The average Bonchev–Trinajstić information content (AvgIpc) is 3.18. The van der Waals surface area contributed by atoms with E-state index in [1.54, 1.807) is 50.4 Å². The highest BCUT2D eigenvalue weighted by molar-refractivity contribution is 7.89. The van der Waals surface area contributed by atoms with Crippen LogP contribution in [0.25, 0.3) is 0 Å². The highest BCUT2D eigenvalue weighted by atomic mass is 32.2. The maximum atomic E-state index is 12.7. The molecular formula is C19H22N2O4S. The first-order valence-electron chi connectivity index (χ1n) is 8.48. The Morgan fingerprint density at radius 1 is 1.08 bits per heavy atom. The van der Waals surface area contributed by atoms with Crippen molar-refractivity contribution in [3.05, 3.63) is 53.6 Å². The van der Waals surface area contributed by atoms with Gasteiger partial charge in [-0.1, -0.05) is 6.07 Å². The van der Waals surface area contributed by atoms with E-state index in [0.717, 1.165) is 18.4 Å². The van der Waals surface area contributed by atoms with E-state index in [4.69, 9.17) is 4.74 Å². The summed E-state index contributed by atoms with van der Waals surface area (Å²) in [7, 11) is -1.98. The number of rotatable bonds is 5. The summed E-state index contributed by atoms with van der Waals surface area (Å²) in [5.74, 6) is 0.351. The number of ether oxygens (including phenoxy) is 1. The number of carbonyl (C=O) groups excluding carboxylic acids is 1. The molecule has 1 aliphatic rings. The molecule has 0 spiro atoms. The summed E-state index contributed by atoms with van der Waals surface area (Å²) in [6.07, 6.45) is 1.74. The lowest BCUT2D eigenvalue weighted by Gasteiger charge is -2.17. The van der Waals surface area contributed by atoms with Gasteiger partial charge in [0.25, 0.3) is 5.91 Å². The molecular weight excluding hydrogens is 352 g/mol. The van der Waals surface area contributed by atoms with E-state index in [1.807, 2.05) is 0 Å². The Balaban J connectivity index is 1.85. The lowest BCUT2D eigenvalue weighted by Crippen LogP contribution is -2.28. The van der Waals surface area contributed by atoms with Crippen LogP contribution in [0.2, 0.25) is 0 Å².